The van der Waals surface area contributed by atoms with Crippen LogP contribution in [-0.2, 0) is 0 Å². The average molecular weight is 183 g/mol. The lowest BCUT2D eigenvalue weighted by Crippen LogP contribution is -1.95. The minimum Gasteiger partial charge on any atom is -0.499 e. The van der Waals surface area contributed by atoms with Gasteiger partial charge in [0.15, 0.2) is 5.05 Å². The Hall–Kier alpha value is -1.49. The molecule has 0 radical (unpaired) electrons. The summed E-state index contributed by atoms with van der Waals surface area (Å²) in [5, 5.41) is 18.8. The van der Waals surface area contributed by atoms with Crippen molar-refractivity contribution in [3.63, 3.8) is 0 Å². The summed E-state index contributed by atoms with van der Waals surface area (Å²) in [6.45, 7) is 0. The van der Waals surface area contributed by atoms with Crippen molar-refractivity contribution in [2.75, 3.05) is 0 Å². The van der Waals surface area contributed by atoms with Crippen molar-refractivity contribution in [3.8, 4) is 0 Å². The zero-order valence-corrected chi connectivity index (χ0v) is 6.75. The highest BCUT2D eigenvalue weighted by atomic mass is 32.1. The molecule has 1 rings (SSSR count). The van der Waals surface area contributed by atoms with E-state index >= 15 is 0 Å². The van der Waals surface area contributed by atoms with Gasteiger partial charge in [-0.2, -0.15) is 0 Å². The first kappa shape index (κ1) is 8.61. The Morgan fingerprint density at radius 1 is 1.58 bits per heavy atom. The largest absolute Gasteiger partial charge is 0.499 e. The molecule has 0 heterocycles. The van der Waals surface area contributed by atoms with Gasteiger partial charge in [-0.1, -0.05) is 6.07 Å². The fourth-order valence-electron chi connectivity index (χ4n) is 0.753. The Kier molecular flexibility index (Phi) is 2.35. The maximum atomic E-state index is 10.3. The van der Waals surface area contributed by atoms with Gasteiger partial charge in [0.05, 0.1) is 4.92 Å². The quantitative estimate of drug-likeness (QED) is 0.431. The minimum absolute atomic E-state index is 0.0797. The van der Waals surface area contributed by atoms with Gasteiger partial charge >= 0.3 is 0 Å². The fourth-order valence-corrected chi connectivity index (χ4v) is 0.879. The van der Waals surface area contributed by atoms with Gasteiger partial charge in [-0.25, -0.2) is 0 Å². The number of non-ortho nitro benzene ring substituents is 1. The second-order valence-electron chi connectivity index (χ2n) is 2.11. The van der Waals surface area contributed by atoms with Gasteiger partial charge in [-0.05, 0) is 18.3 Å². The molecule has 12 heavy (non-hydrogen) atoms. The Bertz CT molecular complexity index is 308. The van der Waals surface area contributed by atoms with Crippen LogP contribution in [0, 0.1) is 10.1 Å². The zero-order valence-electron chi connectivity index (χ0n) is 5.93. The molecule has 1 aromatic rings. The molecule has 62 valence electrons. The summed E-state index contributed by atoms with van der Waals surface area (Å²) in [4.78, 5) is 9.72. The van der Waals surface area contributed by atoms with Gasteiger partial charge in [-0.3, -0.25) is 10.1 Å². The van der Waals surface area contributed by atoms with Crippen LogP contribution in [0.2, 0.25) is 0 Å². The summed E-state index contributed by atoms with van der Waals surface area (Å²) in [6, 6.07) is 5.54. The van der Waals surface area contributed by atoms with Crippen LogP contribution in [0.3, 0.4) is 0 Å². The number of nitrogens with zero attached hydrogens (tertiary/aromatic N) is 1. The smallest absolute Gasteiger partial charge is 0.270 e. The monoisotopic (exact) mass is 183 g/mol. The van der Waals surface area contributed by atoms with Crippen molar-refractivity contribution in [1.29, 1.82) is 0 Å². The molecule has 0 aliphatic rings. The Balaban J connectivity index is 3.12. The molecule has 1 N–H and O–H groups in total. The number of rotatable bonds is 2. The predicted molar refractivity (Wildman–Crippen MR) is 47.4 cm³/mol. The molecule has 0 bridgehead atoms. The first-order valence-corrected chi connectivity index (χ1v) is 3.50. The second-order valence-corrected chi connectivity index (χ2v) is 2.50. The predicted octanol–water partition coefficient (Wildman–Crippen LogP) is 1.83. The lowest BCUT2D eigenvalue weighted by atomic mass is 10.2. The number of nitro benzene ring substituents is 1. The summed E-state index contributed by atoms with van der Waals surface area (Å²) >= 11 is 4.44. The highest BCUT2D eigenvalue weighted by molar-refractivity contribution is 7.80. The van der Waals surface area contributed by atoms with Crippen LogP contribution >= 0.6 is 12.2 Å². The molecule has 4 nitrogen and oxygen atoms in total. The van der Waals surface area contributed by atoms with Crippen LogP contribution in [0.25, 0.3) is 0 Å². The summed E-state index contributed by atoms with van der Waals surface area (Å²) in [6.07, 6.45) is 0. The Labute approximate surface area is 73.6 Å². The van der Waals surface area contributed by atoms with E-state index in [9.17, 15) is 10.1 Å². The number of benzene rings is 1. The van der Waals surface area contributed by atoms with Gasteiger partial charge in [0.1, 0.15) is 0 Å². The van der Waals surface area contributed by atoms with E-state index in [0.29, 0.717) is 5.56 Å². The zero-order chi connectivity index (χ0) is 9.14. The molecular formula is C7H5NO3S. The molecular weight excluding hydrogens is 178 g/mol. The molecule has 1 aromatic carbocycles. The van der Waals surface area contributed by atoms with Crippen molar-refractivity contribution < 1.29 is 10.0 Å². The normalized spacial score (nSPS) is 9.33. The van der Waals surface area contributed by atoms with E-state index < -0.39 is 4.92 Å². The first-order chi connectivity index (χ1) is 5.61. The van der Waals surface area contributed by atoms with Gasteiger partial charge < -0.3 is 5.11 Å². The minimum atomic E-state index is -0.540. The highest BCUT2D eigenvalue weighted by Gasteiger charge is 2.06. The summed E-state index contributed by atoms with van der Waals surface area (Å²) in [5.74, 6) is 0. The molecule has 0 aliphatic carbocycles. The van der Waals surface area contributed by atoms with E-state index in [1.165, 1.54) is 24.3 Å². The number of thiocarbonyl (C=S) groups is 1. The summed E-state index contributed by atoms with van der Waals surface area (Å²) < 4.78 is 0. The third kappa shape index (κ3) is 1.76. The van der Waals surface area contributed by atoms with E-state index in [4.69, 9.17) is 5.11 Å². The molecule has 0 saturated heterocycles. The van der Waals surface area contributed by atoms with Crippen LogP contribution in [0.15, 0.2) is 24.3 Å². The summed E-state index contributed by atoms with van der Waals surface area (Å²) in [5.41, 5.74) is 0.211. The third-order valence-corrected chi connectivity index (χ3v) is 1.54. The maximum absolute atomic E-state index is 10.3. The van der Waals surface area contributed by atoms with E-state index in [1.807, 2.05) is 0 Å². The maximum Gasteiger partial charge on any atom is 0.270 e. The van der Waals surface area contributed by atoms with E-state index in [-0.39, 0.29) is 10.7 Å². The number of aliphatic hydroxyl groups excluding tert-OH is 1. The molecule has 0 atom stereocenters. The van der Waals surface area contributed by atoms with Gasteiger partial charge in [0, 0.05) is 17.7 Å². The van der Waals surface area contributed by atoms with E-state index in [0.717, 1.165) is 0 Å². The van der Waals surface area contributed by atoms with Gasteiger partial charge in [-0.15, -0.1) is 0 Å². The van der Waals surface area contributed by atoms with E-state index in [1.54, 1.807) is 0 Å². The topological polar surface area (TPSA) is 63.4 Å². The van der Waals surface area contributed by atoms with E-state index in [2.05, 4.69) is 12.2 Å². The number of hydrogen-bond donors (Lipinski definition) is 1. The molecule has 0 amide bonds. The van der Waals surface area contributed by atoms with Crippen LogP contribution in [0.5, 0.6) is 0 Å². The van der Waals surface area contributed by atoms with Crippen LogP contribution in [-0.4, -0.2) is 15.1 Å². The van der Waals surface area contributed by atoms with Gasteiger partial charge in [0.25, 0.3) is 5.69 Å². The standard InChI is InChI=1S/C7H5NO3S/c9-7(12)5-2-1-3-6(4-5)8(10)11/h1-4H,(H,9,12). The van der Waals surface area contributed by atoms with Crippen LogP contribution in [0.4, 0.5) is 5.69 Å². The van der Waals surface area contributed by atoms with Crippen molar-refractivity contribution in [2.45, 2.75) is 0 Å². The molecule has 0 spiro atoms. The van der Waals surface area contributed by atoms with Crippen LogP contribution in [0.1, 0.15) is 5.56 Å². The van der Waals surface area contributed by atoms with Gasteiger partial charge in [0.2, 0.25) is 0 Å². The lowest BCUT2D eigenvalue weighted by Gasteiger charge is -1.95. The Morgan fingerprint density at radius 3 is 2.75 bits per heavy atom. The first-order valence-electron chi connectivity index (χ1n) is 3.09. The molecule has 0 aromatic heterocycles. The second kappa shape index (κ2) is 3.27. The fraction of sp³-hybridized carbons (Fsp3) is 0. The molecule has 0 saturated carbocycles. The van der Waals surface area contributed by atoms with Crippen LogP contribution < -0.4 is 0 Å². The number of nitro groups is 1. The summed E-state index contributed by atoms with van der Waals surface area (Å²) in [7, 11) is 0. The third-order valence-electron chi connectivity index (χ3n) is 1.30. The molecule has 0 aliphatic heterocycles. The molecule has 0 unspecified atom stereocenters. The Morgan fingerprint density at radius 2 is 2.25 bits per heavy atom. The van der Waals surface area contributed by atoms with Crippen molar-refractivity contribution in [1.82, 2.24) is 0 Å². The lowest BCUT2D eigenvalue weighted by molar-refractivity contribution is -0.384. The number of hydrogen-bond acceptors (Lipinski definition) is 3. The van der Waals surface area contributed by atoms with Crippen molar-refractivity contribution >= 4 is 23.0 Å². The van der Waals surface area contributed by atoms with Crippen molar-refractivity contribution in [2.24, 2.45) is 0 Å². The highest BCUT2D eigenvalue weighted by Crippen LogP contribution is 2.12. The molecule has 0 fully saturated rings. The number of aliphatic hydroxyl groups is 1. The molecule has 5 heteroatoms. The van der Waals surface area contributed by atoms with Crippen molar-refractivity contribution in [3.05, 3.63) is 39.9 Å². The SMILES string of the molecule is O=[N+]([O-])c1cccc(C(O)=S)c1. The average Bonchev–Trinajstić information content (AvgIpc) is 2.04.